The summed E-state index contributed by atoms with van der Waals surface area (Å²) in [5, 5.41) is 3.20. The molecule has 2 fully saturated rings. The maximum Gasteiger partial charge on any atom is 0.317 e. The highest BCUT2D eigenvalue weighted by atomic mass is 35.5. The van der Waals surface area contributed by atoms with Crippen molar-refractivity contribution in [3.63, 3.8) is 0 Å². The maximum atomic E-state index is 13.7. The van der Waals surface area contributed by atoms with E-state index in [0.717, 1.165) is 25.1 Å². The van der Waals surface area contributed by atoms with Crippen molar-refractivity contribution in [3.05, 3.63) is 29.0 Å². The average molecular weight is 411 g/mol. The van der Waals surface area contributed by atoms with Crippen molar-refractivity contribution >= 4 is 29.2 Å². The Morgan fingerprint density at radius 2 is 1.86 bits per heavy atom. The lowest BCUT2D eigenvalue weighted by molar-refractivity contribution is -0.134. The molecule has 0 spiro atoms. The number of carbonyl (C=O) groups excluding carboxylic acids is 2. The summed E-state index contributed by atoms with van der Waals surface area (Å²) in [5.74, 6) is -0.317. The van der Waals surface area contributed by atoms with E-state index in [2.05, 4.69) is 10.2 Å². The number of benzene rings is 1. The molecule has 8 heteroatoms. The number of hydrogen-bond donors (Lipinski definition) is 1. The molecule has 0 radical (unpaired) electrons. The van der Waals surface area contributed by atoms with Gasteiger partial charge in [-0.25, -0.2) is 9.18 Å². The van der Waals surface area contributed by atoms with E-state index in [1.807, 2.05) is 18.7 Å². The predicted molar refractivity (Wildman–Crippen MR) is 108 cm³/mol. The van der Waals surface area contributed by atoms with Crippen LogP contribution < -0.4 is 10.2 Å². The Labute approximate surface area is 170 Å². The van der Waals surface area contributed by atoms with Crippen LogP contribution in [0.3, 0.4) is 0 Å². The minimum absolute atomic E-state index is 0.0166. The Balaban J connectivity index is 1.51. The highest BCUT2D eigenvalue weighted by Crippen LogP contribution is 2.25. The van der Waals surface area contributed by atoms with E-state index in [-0.39, 0.29) is 28.9 Å². The van der Waals surface area contributed by atoms with E-state index in [1.54, 1.807) is 17.0 Å². The number of halogens is 2. The highest BCUT2D eigenvalue weighted by molar-refractivity contribution is 6.30. The Kier molecular flexibility index (Phi) is 6.65. The number of carbonyl (C=O) groups is 2. The lowest BCUT2D eigenvalue weighted by atomic mass is 10.2. The van der Waals surface area contributed by atoms with Crippen LogP contribution in [0.25, 0.3) is 0 Å². The molecule has 0 aromatic heterocycles. The third-order valence-electron chi connectivity index (χ3n) is 5.37. The fourth-order valence-electron chi connectivity index (χ4n) is 3.77. The summed E-state index contributed by atoms with van der Waals surface area (Å²) in [6.07, 6.45) is 1.59. The van der Waals surface area contributed by atoms with E-state index >= 15 is 0 Å². The van der Waals surface area contributed by atoms with Crippen LogP contribution in [0, 0.1) is 11.7 Å². The molecule has 1 atom stereocenters. The van der Waals surface area contributed by atoms with Crippen molar-refractivity contribution in [2.45, 2.75) is 32.7 Å². The second kappa shape index (κ2) is 8.99. The van der Waals surface area contributed by atoms with E-state index in [4.69, 9.17) is 11.6 Å². The zero-order valence-electron chi connectivity index (χ0n) is 16.5. The van der Waals surface area contributed by atoms with Gasteiger partial charge in [0.15, 0.2) is 0 Å². The Morgan fingerprint density at radius 1 is 1.14 bits per heavy atom. The van der Waals surface area contributed by atoms with Crippen LogP contribution in [-0.2, 0) is 4.79 Å². The summed E-state index contributed by atoms with van der Waals surface area (Å²) < 4.78 is 13.7. The lowest BCUT2D eigenvalue weighted by Gasteiger charge is -2.25. The molecule has 1 aromatic carbocycles. The molecule has 28 heavy (non-hydrogen) atoms. The van der Waals surface area contributed by atoms with Gasteiger partial charge >= 0.3 is 6.03 Å². The molecule has 2 aliphatic heterocycles. The molecule has 154 valence electrons. The van der Waals surface area contributed by atoms with Crippen molar-refractivity contribution in [1.29, 1.82) is 0 Å². The molecule has 1 unspecified atom stereocenters. The fourth-order valence-corrected chi connectivity index (χ4v) is 3.88. The minimum Gasteiger partial charge on any atom is -0.369 e. The molecule has 3 amide bonds. The number of anilines is 1. The number of nitrogens with one attached hydrogen (secondary N) is 1. The highest BCUT2D eigenvalue weighted by Gasteiger charge is 2.28. The smallest absolute Gasteiger partial charge is 0.317 e. The number of hydrogen-bond acceptors (Lipinski definition) is 3. The van der Waals surface area contributed by atoms with Crippen molar-refractivity contribution in [1.82, 2.24) is 15.1 Å². The average Bonchev–Trinajstić information content (AvgIpc) is 2.98. The van der Waals surface area contributed by atoms with Crippen molar-refractivity contribution in [2.24, 2.45) is 5.92 Å². The first-order valence-corrected chi connectivity index (χ1v) is 10.3. The van der Waals surface area contributed by atoms with Crippen LogP contribution in [0.15, 0.2) is 18.2 Å². The van der Waals surface area contributed by atoms with Crippen LogP contribution in [0.2, 0.25) is 5.02 Å². The van der Waals surface area contributed by atoms with Gasteiger partial charge in [0, 0.05) is 56.9 Å². The van der Waals surface area contributed by atoms with Gasteiger partial charge < -0.3 is 20.0 Å². The molecule has 3 rings (SSSR count). The van der Waals surface area contributed by atoms with E-state index in [1.165, 1.54) is 6.07 Å². The normalized spacial score (nSPS) is 20.5. The summed E-state index contributed by atoms with van der Waals surface area (Å²) in [7, 11) is 0. The maximum absolute atomic E-state index is 13.7. The summed E-state index contributed by atoms with van der Waals surface area (Å²) in [5.41, 5.74) is 0.774. The summed E-state index contributed by atoms with van der Waals surface area (Å²) in [6.45, 7) is 7.65. The van der Waals surface area contributed by atoms with Crippen LogP contribution >= 0.6 is 11.6 Å². The van der Waals surface area contributed by atoms with Crippen molar-refractivity contribution < 1.29 is 14.0 Å². The SMILES string of the molecule is CC(C)C(=O)N1CCCN(C(=O)NC2CCN(c3ccc(Cl)c(F)c3)C2)CC1. The van der Waals surface area contributed by atoms with E-state index in [9.17, 15) is 14.0 Å². The van der Waals surface area contributed by atoms with Crippen molar-refractivity contribution in [2.75, 3.05) is 44.2 Å². The molecule has 1 aromatic rings. The Hall–Kier alpha value is -2.02. The van der Waals surface area contributed by atoms with Gasteiger partial charge in [-0.3, -0.25) is 4.79 Å². The van der Waals surface area contributed by atoms with Gasteiger partial charge in [-0.15, -0.1) is 0 Å². The Bertz CT molecular complexity index is 730. The van der Waals surface area contributed by atoms with Gasteiger partial charge in [-0.1, -0.05) is 25.4 Å². The molecular weight excluding hydrogens is 383 g/mol. The van der Waals surface area contributed by atoms with E-state index in [0.29, 0.717) is 32.7 Å². The molecule has 0 saturated carbocycles. The zero-order valence-corrected chi connectivity index (χ0v) is 17.2. The number of urea groups is 1. The van der Waals surface area contributed by atoms with Gasteiger partial charge in [0.25, 0.3) is 0 Å². The van der Waals surface area contributed by atoms with Gasteiger partial charge in [0.1, 0.15) is 5.82 Å². The first-order valence-electron chi connectivity index (χ1n) is 9.89. The fraction of sp³-hybridized carbons (Fsp3) is 0.600. The quantitative estimate of drug-likeness (QED) is 0.833. The minimum atomic E-state index is -0.434. The summed E-state index contributed by atoms with van der Waals surface area (Å²) >= 11 is 5.75. The topological polar surface area (TPSA) is 55.9 Å². The van der Waals surface area contributed by atoms with Gasteiger partial charge in [-0.2, -0.15) is 0 Å². The van der Waals surface area contributed by atoms with Gasteiger partial charge in [-0.05, 0) is 31.0 Å². The van der Waals surface area contributed by atoms with Gasteiger partial charge in [0.2, 0.25) is 5.91 Å². The third-order valence-corrected chi connectivity index (χ3v) is 5.68. The molecule has 0 aliphatic carbocycles. The standard InChI is InChI=1S/C20H28ClFN4O2/c1-14(2)19(27)24-7-3-8-25(11-10-24)20(28)23-15-6-9-26(13-15)16-4-5-17(21)18(22)12-16/h4-5,12,14-15H,3,6-11,13H2,1-2H3,(H,23,28). The second-order valence-electron chi connectivity index (χ2n) is 7.80. The van der Waals surface area contributed by atoms with Crippen LogP contribution in [0.5, 0.6) is 0 Å². The molecule has 0 bridgehead atoms. The number of nitrogens with zero attached hydrogens (tertiary/aromatic N) is 3. The number of rotatable bonds is 3. The predicted octanol–water partition coefficient (Wildman–Crippen LogP) is 2.96. The molecule has 2 heterocycles. The Morgan fingerprint density at radius 3 is 2.57 bits per heavy atom. The number of amides is 3. The summed E-state index contributed by atoms with van der Waals surface area (Å²) in [6, 6.07) is 4.71. The van der Waals surface area contributed by atoms with E-state index < -0.39 is 5.82 Å². The van der Waals surface area contributed by atoms with Crippen molar-refractivity contribution in [3.8, 4) is 0 Å². The summed E-state index contributed by atoms with van der Waals surface area (Å²) in [4.78, 5) is 30.6. The first-order chi connectivity index (χ1) is 13.3. The largest absolute Gasteiger partial charge is 0.369 e. The monoisotopic (exact) mass is 410 g/mol. The molecular formula is C20H28ClFN4O2. The third kappa shape index (κ3) is 4.87. The zero-order chi connectivity index (χ0) is 20.3. The lowest BCUT2D eigenvalue weighted by Crippen LogP contribution is -2.47. The van der Waals surface area contributed by atoms with Crippen LogP contribution in [0.1, 0.15) is 26.7 Å². The first kappa shape index (κ1) is 20.7. The van der Waals surface area contributed by atoms with Crippen LogP contribution in [-0.4, -0.2) is 67.0 Å². The molecule has 2 saturated heterocycles. The second-order valence-corrected chi connectivity index (χ2v) is 8.21. The molecule has 1 N–H and O–H groups in total. The van der Waals surface area contributed by atoms with Crippen LogP contribution in [0.4, 0.5) is 14.9 Å². The molecule has 6 nitrogen and oxygen atoms in total. The van der Waals surface area contributed by atoms with Gasteiger partial charge in [0.05, 0.1) is 5.02 Å². The molecule has 2 aliphatic rings.